The van der Waals surface area contributed by atoms with Gasteiger partial charge >= 0.3 is 0 Å². The number of nitrogens with zero attached hydrogens (tertiary/aromatic N) is 3. The first-order chi connectivity index (χ1) is 11.5. The minimum Gasteiger partial charge on any atom is -0.337 e. The zero-order valence-electron chi connectivity index (χ0n) is 14.2. The zero-order valence-corrected chi connectivity index (χ0v) is 14.2. The molecular formula is C18H21N5O. The molecule has 124 valence electrons. The van der Waals surface area contributed by atoms with E-state index in [-0.39, 0.29) is 5.91 Å². The number of carbonyl (C=O) groups excluding carboxylic acids is 1. The predicted molar refractivity (Wildman–Crippen MR) is 93.9 cm³/mol. The second-order valence-corrected chi connectivity index (χ2v) is 6.74. The molecule has 0 fully saturated rings. The second-order valence-electron chi connectivity index (χ2n) is 6.74. The molecule has 2 aromatic heterocycles. The smallest absolute Gasteiger partial charge is 0.223 e. The fourth-order valence-electron chi connectivity index (χ4n) is 3.38. The Kier molecular flexibility index (Phi) is 3.40. The molecule has 6 heteroatoms. The molecule has 0 radical (unpaired) electrons. The number of aromatic amines is 2. The Morgan fingerprint density at radius 3 is 3.00 bits per heavy atom. The lowest BCUT2D eigenvalue weighted by Gasteiger charge is -2.17. The van der Waals surface area contributed by atoms with E-state index in [1.807, 2.05) is 18.2 Å². The topological polar surface area (TPSA) is 77.7 Å². The van der Waals surface area contributed by atoms with Gasteiger partial charge in [0.25, 0.3) is 0 Å². The summed E-state index contributed by atoms with van der Waals surface area (Å²) in [6.07, 6.45) is 3.28. The maximum Gasteiger partial charge on any atom is 0.223 e. The van der Waals surface area contributed by atoms with Gasteiger partial charge in [-0.3, -0.25) is 9.89 Å². The Morgan fingerprint density at radius 1 is 1.38 bits per heavy atom. The van der Waals surface area contributed by atoms with Crippen molar-refractivity contribution in [2.24, 2.45) is 5.92 Å². The van der Waals surface area contributed by atoms with Gasteiger partial charge in [-0.2, -0.15) is 5.10 Å². The first-order valence-corrected chi connectivity index (χ1v) is 8.33. The van der Waals surface area contributed by atoms with Crippen molar-refractivity contribution in [2.75, 3.05) is 11.9 Å². The molecule has 2 N–H and O–H groups in total. The molecule has 0 spiro atoms. The quantitative estimate of drug-likeness (QED) is 0.761. The van der Waals surface area contributed by atoms with Gasteiger partial charge in [-0.1, -0.05) is 6.92 Å². The van der Waals surface area contributed by atoms with Crippen molar-refractivity contribution in [3.8, 4) is 11.5 Å². The van der Waals surface area contributed by atoms with Crippen molar-refractivity contribution in [1.29, 1.82) is 0 Å². The summed E-state index contributed by atoms with van der Waals surface area (Å²) < 4.78 is 0. The van der Waals surface area contributed by atoms with Crippen LogP contribution in [-0.4, -0.2) is 33.1 Å². The van der Waals surface area contributed by atoms with Gasteiger partial charge in [0.2, 0.25) is 5.91 Å². The van der Waals surface area contributed by atoms with Crippen molar-refractivity contribution < 1.29 is 4.79 Å². The monoisotopic (exact) mass is 323 g/mol. The highest BCUT2D eigenvalue weighted by molar-refractivity contribution is 5.93. The van der Waals surface area contributed by atoms with Crippen LogP contribution in [0.3, 0.4) is 0 Å². The number of aromatic nitrogens is 4. The molecule has 0 unspecified atom stereocenters. The lowest BCUT2D eigenvalue weighted by atomic mass is 9.88. The van der Waals surface area contributed by atoms with Crippen LogP contribution in [0.1, 0.15) is 31.5 Å². The summed E-state index contributed by atoms with van der Waals surface area (Å²) in [4.78, 5) is 21.2. The van der Waals surface area contributed by atoms with Crippen LogP contribution in [0.15, 0.2) is 18.2 Å². The largest absolute Gasteiger partial charge is 0.337 e. The number of fused-ring (bicyclic) bond motifs is 2. The third-order valence-corrected chi connectivity index (χ3v) is 4.94. The molecule has 2 heterocycles. The van der Waals surface area contributed by atoms with Crippen LogP contribution in [-0.2, 0) is 17.6 Å². The molecule has 0 saturated heterocycles. The van der Waals surface area contributed by atoms with Gasteiger partial charge < -0.3 is 9.88 Å². The predicted octanol–water partition coefficient (Wildman–Crippen LogP) is 3.06. The van der Waals surface area contributed by atoms with E-state index >= 15 is 0 Å². The molecule has 0 aliphatic heterocycles. The fourth-order valence-corrected chi connectivity index (χ4v) is 3.38. The molecule has 1 aliphatic rings. The van der Waals surface area contributed by atoms with Crippen LogP contribution in [0.25, 0.3) is 22.6 Å². The number of amides is 1. The van der Waals surface area contributed by atoms with Crippen molar-refractivity contribution >= 4 is 22.6 Å². The normalized spacial score (nSPS) is 17.0. The van der Waals surface area contributed by atoms with E-state index < -0.39 is 0 Å². The summed E-state index contributed by atoms with van der Waals surface area (Å²) in [7, 11) is 1.77. The van der Waals surface area contributed by atoms with E-state index in [1.54, 1.807) is 18.9 Å². The van der Waals surface area contributed by atoms with E-state index in [1.165, 1.54) is 17.7 Å². The molecule has 1 aliphatic carbocycles. The lowest BCUT2D eigenvalue weighted by Crippen LogP contribution is -2.22. The molecule has 6 nitrogen and oxygen atoms in total. The summed E-state index contributed by atoms with van der Waals surface area (Å²) in [5.41, 5.74) is 6.09. The molecular weight excluding hydrogens is 302 g/mol. The van der Waals surface area contributed by atoms with Gasteiger partial charge in [0, 0.05) is 30.9 Å². The number of hydrogen-bond acceptors (Lipinski definition) is 3. The summed E-state index contributed by atoms with van der Waals surface area (Å²) >= 11 is 0. The van der Waals surface area contributed by atoms with Gasteiger partial charge in [-0.15, -0.1) is 0 Å². The number of H-pyrrole nitrogens is 2. The molecule has 1 aromatic carbocycles. The number of rotatable bonds is 2. The number of anilines is 1. The van der Waals surface area contributed by atoms with E-state index in [2.05, 4.69) is 27.1 Å². The maximum atomic E-state index is 11.5. The number of benzene rings is 1. The van der Waals surface area contributed by atoms with Crippen LogP contribution in [0.4, 0.5) is 5.69 Å². The van der Waals surface area contributed by atoms with Gasteiger partial charge in [0.1, 0.15) is 5.69 Å². The average molecular weight is 323 g/mol. The van der Waals surface area contributed by atoms with E-state index in [4.69, 9.17) is 0 Å². The number of nitrogens with one attached hydrogen (secondary N) is 2. The Balaban J connectivity index is 1.75. The van der Waals surface area contributed by atoms with Crippen LogP contribution in [0, 0.1) is 5.92 Å². The fraction of sp³-hybridized carbons (Fsp3) is 0.389. The Hall–Kier alpha value is -2.63. The van der Waals surface area contributed by atoms with Gasteiger partial charge in [-0.05, 0) is 43.4 Å². The molecule has 3 aromatic rings. The highest BCUT2D eigenvalue weighted by atomic mass is 16.2. The number of imidazole rings is 1. The standard InChI is InChI=1S/C18H21N5O/c1-10-4-6-13-15(8-10)21-22-17(13)18-19-14-7-5-12(9-16(14)20-18)23(3)11(2)24/h5,7,9-10H,4,6,8H2,1-3H3,(H,19,20)(H,21,22)/t10-/m0/s1. The highest BCUT2D eigenvalue weighted by Gasteiger charge is 2.23. The minimum absolute atomic E-state index is 0.00424. The van der Waals surface area contributed by atoms with Crippen molar-refractivity contribution in [2.45, 2.75) is 33.1 Å². The molecule has 1 atom stereocenters. The van der Waals surface area contributed by atoms with Crippen LogP contribution < -0.4 is 4.90 Å². The molecule has 0 bridgehead atoms. The molecule has 24 heavy (non-hydrogen) atoms. The first-order valence-electron chi connectivity index (χ1n) is 8.33. The number of carbonyl (C=O) groups is 1. The van der Waals surface area contributed by atoms with E-state index in [9.17, 15) is 4.79 Å². The summed E-state index contributed by atoms with van der Waals surface area (Å²) in [6.45, 7) is 3.83. The van der Waals surface area contributed by atoms with Crippen LogP contribution >= 0.6 is 0 Å². The van der Waals surface area contributed by atoms with Gasteiger partial charge in [0.05, 0.1) is 11.0 Å². The Labute approximate surface area is 140 Å². The first kappa shape index (κ1) is 14.9. The van der Waals surface area contributed by atoms with Crippen molar-refractivity contribution in [3.63, 3.8) is 0 Å². The second kappa shape index (κ2) is 5.47. The summed E-state index contributed by atoms with van der Waals surface area (Å²) in [6, 6.07) is 5.80. The summed E-state index contributed by atoms with van der Waals surface area (Å²) in [5, 5.41) is 7.68. The van der Waals surface area contributed by atoms with E-state index in [0.29, 0.717) is 5.92 Å². The third kappa shape index (κ3) is 2.38. The lowest BCUT2D eigenvalue weighted by molar-refractivity contribution is -0.116. The van der Waals surface area contributed by atoms with Crippen LogP contribution in [0.5, 0.6) is 0 Å². The Bertz CT molecular complexity index is 923. The van der Waals surface area contributed by atoms with E-state index in [0.717, 1.165) is 41.1 Å². The zero-order chi connectivity index (χ0) is 16.8. The molecule has 0 saturated carbocycles. The minimum atomic E-state index is 0.00424. The number of hydrogen-bond donors (Lipinski definition) is 2. The average Bonchev–Trinajstić information content (AvgIpc) is 3.15. The van der Waals surface area contributed by atoms with Crippen molar-refractivity contribution in [1.82, 2.24) is 20.2 Å². The summed E-state index contributed by atoms with van der Waals surface area (Å²) in [5.74, 6) is 1.50. The molecule has 4 rings (SSSR count). The van der Waals surface area contributed by atoms with Crippen molar-refractivity contribution in [3.05, 3.63) is 29.5 Å². The Morgan fingerprint density at radius 2 is 2.21 bits per heavy atom. The highest BCUT2D eigenvalue weighted by Crippen LogP contribution is 2.31. The van der Waals surface area contributed by atoms with Gasteiger partial charge in [-0.25, -0.2) is 4.98 Å². The van der Waals surface area contributed by atoms with Gasteiger partial charge in [0.15, 0.2) is 5.82 Å². The maximum absolute atomic E-state index is 11.5. The third-order valence-electron chi connectivity index (χ3n) is 4.94. The molecule has 1 amide bonds. The van der Waals surface area contributed by atoms with Crippen LogP contribution in [0.2, 0.25) is 0 Å². The SMILES string of the molecule is CC(=O)N(C)c1ccc2nc(-c3n[nH]c4c3CC[C@H](C)C4)[nH]c2c1.